The van der Waals surface area contributed by atoms with E-state index in [4.69, 9.17) is 5.11 Å². The van der Waals surface area contributed by atoms with Crippen molar-refractivity contribution in [2.24, 2.45) is 0 Å². The van der Waals surface area contributed by atoms with Crippen molar-refractivity contribution in [1.29, 1.82) is 0 Å². The molecule has 0 saturated carbocycles. The predicted octanol–water partition coefficient (Wildman–Crippen LogP) is 2.16. The molecule has 2 N–H and O–H groups in total. The summed E-state index contributed by atoms with van der Waals surface area (Å²) >= 11 is 0. The smallest absolute Gasteiger partial charge is 0.318 e. The molecule has 1 aliphatic rings. The Morgan fingerprint density at radius 3 is 2.50 bits per heavy atom. The van der Waals surface area contributed by atoms with Crippen LogP contribution in [0.25, 0.3) is 0 Å². The average molecular weight is 246 g/mol. The molecule has 1 aromatic rings. The summed E-state index contributed by atoms with van der Waals surface area (Å²) in [7, 11) is 0. The fourth-order valence-electron chi connectivity index (χ4n) is 2.49. The second-order valence-corrected chi connectivity index (χ2v) is 4.39. The van der Waals surface area contributed by atoms with Crippen LogP contribution in [0.1, 0.15) is 30.4 Å². The van der Waals surface area contributed by atoms with Gasteiger partial charge in [0.25, 0.3) is 0 Å². The first-order valence-corrected chi connectivity index (χ1v) is 5.78. The van der Waals surface area contributed by atoms with Crippen molar-refractivity contribution in [1.82, 2.24) is 0 Å². The van der Waals surface area contributed by atoms with Crippen molar-refractivity contribution in [3.8, 4) is 0 Å². The summed E-state index contributed by atoms with van der Waals surface area (Å²) < 4.78 is 0. The first kappa shape index (κ1) is 12.4. The maximum Gasteiger partial charge on any atom is 0.318 e. The molecule has 1 aliphatic carbocycles. The van der Waals surface area contributed by atoms with Crippen LogP contribution in [0.5, 0.6) is 0 Å². The van der Waals surface area contributed by atoms with Gasteiger partial charge in [-0.25, -0.2) is 0 Å². The number of fused-ring (bicyclic) bond motifs is 1. The Balaban J connectivity index is 2.67. The van der Waals surface area contributed by atoms with Crippen LogP contribution in [-0.2, 0) is 15.0 Å². The van der Waals surface area contributed by atoms with Gasteiger partial charge < -0.3 is 10.2 Å². The van der Waals surface area contributed by atoms with Crippen molar-refractivity contribution in [2.45, 2.75) is 24.7 Å². The average Bonchev–Trinajstić information content (AvgIpc) is 2.36. The molecule has 0 unspecified atom stereocenters. The molecule has 1 aromatic carbocycles. The zero-order valence-electron chi connectivity index (χ0n) is 9.96. The summed E-state index contributed by atoms with van der Waals surface area (Å²) in [5.74, 6) is -2.67. The van der Waals surface area contributed by atoms with Gasteiger partial charge in [-0.15, -0.1) is 0 Å². The van der Waals surface area contributed by atoms with Crippen molar-refractivity contribution in [3.63, 3.8) is 0 Å². The molecule has 0 bridgehead atoms. The number of carboxylic acids is 2. The zero-order valence-corrected chi connectivity index (χ0v) is 9.96. The molecule has 0 spiro atoms. The fraction of sp³-hybridized carbons (Fsp3) is 0.286. The Hall–Kier alpha value is -2.10. The van der Waals surface area contributed by atoms with Gasteiger partial charge in [0.1, 0.15) is 11.3 Å². The Morgan fingerprint density at radius 1 is 1.28 bits per heavy atom. The summed E-state index contributed by atoms with van der Waals surface area (Å²) in [6, 6.07) is 6.86. The van der Waals surface area contributed by atoms with Crippen LogP contribution in [0.3, 0.4) is 0 Å². The Kier molecular flexibility index (Phi) is 2.95. The highest BCUT2D eigenvalue weighted by atomic mass is 16.4. The first-order valence-electron chi connectivity index (χ1n) is 5.78. The van der Waals surface area contributed by atoms with Gasteiger partial charge in [0.15, 0.2) is 0 Å². The van der Waals surface area contributed by atoms with Crippen LogP contribution in [0.2, 0.25) is 0 Å². The van der Waals surface area contributed by atoms with E-state index in [2.05, 4.69) is 0 Å². The maximum atomic E-state index is 11.5. The normalized spacial score (nSPS) is 25.5. The molecular weight excluding hydrogens is 232 g/mol. The van der Waals surface area contributed by atoms with Gasteiger partial charge >= 0.3 is 11.9 Å². The van der Waals surface area contributed by atoms with Gasteiger partial charge in [-0.1, -0.05) is 43.3 Å². The highest BCUT2D eigenvalue weighted by Gasteiger charge is 2.42. The summed E-state index contributed by atoms with van der Waals surface area (Å²) in [6.45, 7) is 1.79. The number of hydrogen-bond acceptors (Lipinski definition) is 2. The number of carboxylic acid groups (broad SMARTS) is 2. The second-order valence-electron chi connectivity index (χ2n) is 4.39. The largest absolute Gasteiger partial charge is 0.481 e. The first-order chi connectivity index (χ1) is 8.53. The molecular formula is C14H14O4. The third-order valence-electron chi connectivity index (χ3n) is 3.56. The number of rotatable bonds is 3. The molecule has 0 heterocycles. The lowest BCUT2D eigenvalue weighted by Crippen LogP contribution is -2.37. The van der Waals surface area contributed by atoms with E-state index >= 15 is 0 Å². The van der Waals surface area contributed by atoms with Crippen LogP contribution in [0, 0.1) is 0 Å². The van der Waals surface area contributed by atoms with E-state index in [1.54, 1.807) is 31.2 Å². The topological polar surface area (TPSA) is 74.6 Å². The number of aliphatic carboxylic acids is 2. The lowest BCUT2D eigenvalue weighted by molar-refractivity contribution is -0.143. The van der Waals surface area contributed by atoms with E-state index in [0.717, 1.165) is 0 Å². The van der Waals surface area contributed by atoms with Crippen molar-refractivity contribution in [2.75, 3.05) is 0 Å². The van der Waals surface area contributed by atoms with Crippen molar-refractivity contribution < 1.29 is 19.8 Å². The lowest BCUT2D eigenvalue weighted by atomic mass is 9.69. The summed E-state index contributed by atoms with van der Waals surface area (Å²) in [6.07, 6.45) is 3.38. The van der Waals surface area contributed by atoms with E-state index < -0.39 is 23.3 Å². The third-order valence-corrected chi connectivity index (χ3v) is 3.56. The molecule has 0 amide bonds. The third kappa shape index (κ3) is 1.61. The molecule has 4 heteroatoms. The summed E-state index contributed by atoms with van der Waals surface area (Å²) in [5, 5.41) is 18.6. The Labute approximate surface area is 105 Å². The molecule has 94 valence electrons. The number of hydrogen-bond donors (Lipinski definition) is 2. The van der Waals surface area contributed by atoms with E-state index in [1.165, 1.54) is 12.2 Å². The van der Waals surface area contributed by atoms with E-state index in [0.29, 0.717) is 17.5 Å². The molecule has 0 radical (unpaired) electrons. The lowest BCUT2D eigenvalue weighted by Gasteiger charge is -2.32. The number of benzene rings is 1. The minimum atomic E-state index is -1.11. The quantitative estimate of drug-likeness (QED) is 0.801. The second kappa shape index (κ2) is 4.29. The standard InChI is InChI=1S/C14H14O4/c1-2-14(13(17)18)8-7-10(12(15)16)9-5-3-4-6-11(9)14/h3-8,10H,2H2,1H3,(H,15,16)(H,17,18)/t10-,14-/m0/s1. The van der Waals surface area contributed by atoms with E-state index in [-0.39, 0.29) is 0 Å². The zero-order chi connectivity index (χ0) is 13.3. The molecule has 2 rings (SSSR count). The molecule has 0 fully saturated rings. The molecule has 4 nitrogen and oxygen atoms in total. The van der Waals surface area contributed by atoms with Gasteiger partial charge in [-0.2, -0.15) is 0 Å². The number of carbonyl (C=O) groups is 2. The summed E-state index contributed by atoms with van der Waals surface area (Å²) in [4.78, 5) is 22.7. The Morgan fingerprint density at radius 2 is 1.94 bits per heavy atom. The molecule has 2 atom stereocenters. The van der Waals surface area contributed by atoms with Gasteiger partial charge in [0.2, 0.25) is 0 Å². The summed E-state index contributed by atoms with van der Waals surface area (Å²) in [5.41, 5.74) is 0.0365. The molecule has 0 aromatic heterocycles. The van der Waals surface area contributed by atoms with Crippen LogP contribution in [0.4, 0.5) is 0 Å². The Bertz CT molecular complexity index is 532. The minimum Gasteiger partial charge on any atom is -0.481 e. The SMILES string of the molecule is CC[C@]1(C(=O)O)C=C[C@H](C(=O)O)c2ccccc21. The monoisotopic (exact) mass is 246 g/mol. The van der Waals surface area contributed by atoms with Gasteiger partial charge in [-0.05, 0) is 17.5 Å². The van der Waals surface area contributed by atoms with Crippen LogP contribution in [-0.4, -0.2) is 22.2 Å². The van der Waals surface area contributed by atoms with Crippen molar-refractivity contribution >= 4 is 11.9 Å². The van der Waals surface area contributed by atoms with Crippen LogP contribution >= 0.6 is 0 Å². The highest BCUT2D eigenvalue weighted by Crippen LogP contribution is 2.40. The van der Waals surface area contributed by atoms with Gasteiger partial charge in [-0.3, -0.25) is 9.59 Å². The maximum absolute atomic E-state index is 11.5. The van der Waals surface area contributed by atoms with E-state index in [9.17, 15) is 14.7 Å². The molecule has 0 aliphatic heterocycles. The minimum absolute atomic E-state index is 0.391. The van der Waals surface area contributed by atoms with Crippen LogP contribution < -0.4 is 0 Å². The van der Waals surface area contributed by atoms with Crippen molar-refractivity contribution in [3.05, 3.63) is 47.5 Å². The predicted molar refractivity (Wildman–Crippen MR) is 65.6 cm³/mol. The highest BCUT2D eigenvalue weighted by molar-refractivity contribution is 5.89. The van der Waals surface area contributed by atoms with E-state index in [1.807, 2.05) is 0 Å². The van der Waals surface area contributed by atoms with Gasteiger partial charge in [0, 0.05) is 0 Å². The molecule has 18 heavy (non-hydrogen) atoms. The fourth-order valence-corrected chi connectivity index (χ4v) is 2.49. The molecule has 0 saturated heterocycles. The van der Waals surface area contributed by atoms with Gasteiger partial charge in [0.05, 0.1) is 0 Å². The van der Waals surface area contributed by atoms with Crippen LogP contribution in [0.15, 0.2) is 36.4 Å².